The van der Waals surface area contributed by atoms with Gasteiger partial charge >= 0.3 is 6.61 Å². The van der Waals surface area contributed by atoms with Gasteiger partial charge in [0.05, 0.1) is 0 Å². The van der Waals surface area contributed by atoms with E-state index in [-0.39, 0.29) is 11.7 Å². The molecule has 2 rings (SSSR count). The van der Waals surface area contributed by atoms with Crippen molar-refractivity contribution in [3.63, 3.8) is 0 Å². The van der Waals surface area contributed by atoms with Gasteiger partial charge in [-0.15, -0.1) is 0 Å². The predicted molar refractivity (Wildman–Crippen MR) is 75.2 cm³/mol. The average molecular weight is 298 g/mol. The molecular weight excluding hydrogens is 278 g/mol. The average Bonchev–Trinajstić information content (AvgIpc) is 2.98. The second-order valence-corrected chi connectivity index (χ2v) is 5.00. The number of ether oxygens (including phenoxy) is 1. The lowest BCUT2D eigenvalue weighted by Gasteiger charge is -2.15. The highest BCUT2D eigenvalue weighted by Gasteiger charge is 2.17. The van der Waals surface area contributed by atoms with E-state index in [1.165, 1.54) is 6.07 Å². The van der Waals surface area contributed by atoms with Crippen LogP contribution >= 0.6 is 0 Å². The summed E-state index contributed by atoms with van der Waals surface area (Å²) in [5.41, 5.74) is 0.659. The van der Waals surface area contributed by atoms with Gasteiger partial charge in [-0.1, -0.05) is 18.2 Å². The van der Waals surface area contributed by atoms with Crippen molar-refractivity contribution in [2.75, 3.05) is 19.6 Å². The molecule has 1 saturated heterocycles. The minimum Gasteiger partial charge on any atom is -0.434 e. The summed E-state index contributed by atoms with van der Waals surface area (Å²) in [6.07, 6.45) is 2.59. The normalized spacial score (nSPS) is 14.7. The molecule has 6 heteroatoms. The number of hydrogen-bond acceptors (Lipinski definition) is 3. The quantitative estimate of drug-likeness (QED) is 0.786. The summed E-state index contributed by atoms with van der Waals surface area (Å²) in [6.45, 7) is -0.203. The molecule has 21 heavy (non-hydrogen) atoms. The monoisotopic (exact) mass is 298 g/mol. The fraction of sp³-hybridized carbons (Fsp3) is 0.533. The lowest BCUT2D eigenvalue weighted by Crippen LogP contribution is -2.30. The van der Waals surface area contributed by atoms with Crippen LogP contribution < -0.4 is 10.1 Å². The zero-order valence-electron chi connectivity index (χ0n) is 11.9. The number of nitrogens with zero attached hydrogens (tertiary/aromatic N) is 1. The Morgan fingerprint density at radius 1 is 1.29 bits per heavy atom. The zero-order valence-corrected chi connectivity index (χ0v) is 11.9. The van der Waals surface area contributed by atoms with Gasteiger partial charge in [0.25, 0.3) is 0 Å². The maximum atomic E-state index is 12.3. The Kier molecular flexibility index (Phi) is 5.92. The molecule has 1 amide bonds. The number of halogens is 2. The minimum atomic E-state index is -2.83. The Hall–Kier alpha value is -1.69. The van der Waals surface area contributed by atoms with Crippen LogP contribution in [0.5, 0.6) is 5.75 Å². The zero-order chi connectivity index (χ0) is 15.1. The largest absolute Gasteiger partial charge is 0.434 e. The van der Waals surface area contributed by atoms with E-state index in [1.807, 2.05) is 4.90 Å². The lowest BCUT2D eigenvalue weighted by atomic mass is 10.2. The number of alkyl halides is 2. The summed E-state index contributed by atoms with van der Waals surface area (Å²) in [4.78, 5) is 13.7. The molecule has 0 unspecified atom stereocenters. The van der Waals surface area contributed by atoms with Crippen molar-refractivity contribution in [2.45, 2.75) is 32.4 Å². The van der Waals surface area contributed by atoms with E-state index in [4.69, 9.17) is 0 Å². The van der Waals surface area contributed by atoms with E-state index in [2.05, 4.69) is 10.1 Å². The molecule has 1 aliphatic rings. The Bertz CT molecular complexity index is 463. The van der Waals surface area contributed by atoms with Gasteiger partial charge in [-0.2, -0.15) is 8.78 Å². The third kappa shape index (κ3) is 4.97. The molecule has 0 radical (unpaired) electrons. The third-order valence-corrected chi connectivity index (χ3v) is 3.48. The molecule has 0 bridgehead atoms. The molecule has 116 valence electrons. The van der Waals surface area contributed by atoms with Crippen LogP contribution in [0.1, 0.15) is 24.8 Å². The molecule has 1 aromatic rings. The maximum Gasteiger partial charge on any atom is 0.387 e. The SMILES string of the molecule is O=C(CCNCc1ccccc1OC(F)F)N1CCCC1. The lowest BCUT2D eigenvalue weighted by molar-refractivity contribution is -0.130. The summed E-state index contributed by atoms with van der Waals surface area (Å²) < 4.78 is 29.0. The Labute approximate surface area is 123 Å². The smallest absolute Gasteiger partial charge is 0.387 e. The Morgan fingerprint density at radius 2 is 2.00 bits per heavy atom. The van der Waals surface area contributed by atoms with Gasteiger partial charge in [-0.3, -0.25) is 4.79 Å². The number of rotatable bonds is 7. The van der Waals surface area contributed by atoms with Gasteiger partial charge in [0, 0.05) is 38.2 Å². The maximum absolute atomic E-state index is 12.3. The summed E-state index contributed by atoms with van der Waals surface area (Å²) >= 11 is 0. The van der Waals surface area contributed by atoms with Gasteiger partial charge < -0.3 is 15.0 Å². The van der Waals surface area contributed by atoms with Crippen LogP contribution in [-0.4, -0.2) is 37.1 Å². The summed E-state index contributed by atoms with van der Waals surface area (Å²) in [6, 6.07) is 6.66. The highest BCUT2D eigenvalue weighted by molar-refractivity contribution is 5.76. The molecule has 0 saturated carbocycles. The predicted octanol–water partition coefficient (Wildman–Crippen LogP) is 2.39. The molecule has 4 nitrogen and oxygen atoms in total. The third-order valence-electron chi connectivity index (χ3n) is 3.48. The molecule has 1 heterocycles. The van der Waals surface area contributed by atoms with Crippen molar-refractivity contribution in [1.29, 1.82) is 0 Å². The van der Waals surface area contributed by atoms with Crippen molar-refractivity contribution in [1.82, 2.24) is 10.2 Å². The number of benzene rings is 1. The first-order valence-electron chi connectivity index (χ1n) is 7.18. The molecule has 1 fully saturated rings. The first kappa shape index (κ1) is 15.7. The Morgan fingerprint density at radius 3 is 2.71 bits per heavy atom. The fourth-order valence-corrected chi connectivity index (χ4v) is 2.40. The van der Waals surface area contributed by atoms with Crippen molar-refractivity contribution >= 4 is 5.91 Å². The number of nitrogens with one attached hydrogen (secondary N) is 1. The molecule has 1 aliphatic heterocycles. The number of carbonyl (C=O) groups is 1. The van der Waals surface area contributed by atoms with Crippen molar-refractivity contribution in [3.8, 4) is 5.75 Å². The van der Waals surface area contributed by atoms with Crippen LogP contribution in [0, 0.1) is 0 Å². The highest BCUT2D eigenvalue weighted by atomic mass is 19.3. The number of para-hydroxylation sites is 1. The van der Waals surface area contributed by atoms with Gasteiger partial charge in [0.15, 0.2) is 0 Å². The number of amides is 1. The summed E-state index contributed by atoms with van der Waals surface area (Å²) in [5.74, 6) is 0.322. The van der Waals surface area contributed by atoms with Gasteiger partial charge in [0.1, 0.15) is 5.75 Å². The standard InChI is InChI=1S/C15H20F2N2O2/c16-15(17)21-13-6-2-1-5-12(13)11-18-8-7-14(20)19-9-3-4-10-19/h1-2,5-6,15,18H,3-4,7-11H2. The van der Waals surface area contributed by atoms with Gasteiger partial charge in [-0.05, 0) is 18.9 Å². The highest BCUT2D eigenvalue weighted by Crippen LogP contribution is 2.19. The first-order chi connectivity index (χ1) is 10.2. The van der Waals surface area contributed by atoms with Crippen molar-refractivity contribution in [3.05, 3.63) is 29.8 Å². The molecule has 1 aromatic carbocycles. The van der Waals surface area contributed by atoms with Gasteiger partial charge in [0.2, 0.25) is 5.91 Å². The number of hydrogen-bond donors (Lipinski definition) is 1. The van der Waals surface area contributed by atoms with E-state index in [9.17, 15) is 13.6 Å². The van der Waals surface area contributed by atoms with Crippen LogP contribution in [0.15, 0.2) is 24.3 Å². The molecular formula is C15H20F2N2O2. The van der Waals surface area contributed by atoms with Crippen LogP contribution in [0.25, 0.3) is 0 Å². The van der Waals surface area contributed by atoms with E-state index >= 15 is 0 Å². The molecule has 1 N–H and O–H groups in total. The summed E-state index contributed by atoms with van der Waals surface area (Å²) in [7, 11) is 0. The number of carbonyl (C=O) groups excluding carboxylic acids is 1. The van der Waals surface area contributed by atoms with Crippen LogP contribution in [0.2, 0.25) is 0 Å². The topological polar surface area (TPSA) is 41.6 Å². The van der Waals surface area contributed by atoms with Crippen LogP contribution in [0.3, 0.4) is 0 Å². The second kappa shape index (κ2) is 7.93. The molecule has 0 spiro atoms. The minimum absolute atomic E-state index is 0.150. The fourth-order valence-electron chi connectivity index (χ4n) is 2.40. The molecule has 0 atom stereocenters. The first-order valence-corrected chi connectivity index (χ1v) is 7.18. The van der Waals surface area contributed by atoms with Crippen LogP contribution in [-0.2, 0) is 11.3 Å². The van der Waals surface area contributed by atoms with Crippen LogP contribution in [0.4, 0.5) is 8.78 Å². The van der Waals surface area contributed by atoms with Gasteiger partial charge in [-0.25, -0.2) is 0 Å². The Balaban J connectivity index is 1.74. The van der Waals surface area contributed by atoms with E-state index in [1.54, 1.807) is 18.2 Å². The number of likely N-dealkylation sites (tertiary alicyclic amines) is 1. The van der Waals surface area contributed by atoms with Crippen molar-refractivity contribution < 1.29 is 18.3 Å². The molecule has 0 aromatic heterocycles. The molecule has 0 aliphatic carbocycles. The van der Waals surface area contributed by atoms with E-state index in [0.717, 1.165) is 25.9 Å². The second-order valence-electron chi connectivity index (χ2n) is 5.00. The van der Waals surface area contributed by atoms with E-state index < -0.39 is 6.61 Å². The van der Waals surface area contributed by atoms with Crippen molar-refractivity contribution in [2.24, 2.45) is 0 Å². The van der Waals surface area contributed by atoms with E-state index in [0.29, 0.717) is 25.1 Å². The summed E-state index contributed by atoms with van der Waals surface area (Å²) in [5, 5.41) is 3.10.